The number of rotatable bonds is 5. The summed E-state index contributed by atoms with van der Waals surface area (Å²) in [5, 5.41) is 7.04. The average molecular weight is 459 g/mol. The van der Waals surface area contributed by atoms with Crippen LogP contribution in [0.25, 0.3) is 11.5 Å². The number of carbonyl (C=O) groups is 1. The molecule has 0 bridgehead atoms. The van der Waals surface area contributed by atoms with Crippen molar-refractivity contribution < 1.29 is 18.0 Å². The molecule has 3 aromatic rings. The number of anilines is 2. The van der Waals surface area contributed by atoms with Crippen molar-refractivity contribution in [2.75, 3.05) is 23.4 Å². The molecule has 0 spiro atoms. The Labute approximate surface area is 188 Å². The van der Waals surface area contributed by atoms with Gasteiger partial charge in [-0.3, -0.25) is 19.9 Å². The molecule has 4 rings (SSSR count). The number of aromatic amines is 1. The molecule has 0 unspecified atom stereocenters. The van der Waals surface area contributed by atoms with E-state index in [1.165, 1.54) is 19.5 Å². The molecule has 0 aliphatic carbocycles. The van der Waals surface area contributed by atoms with E-state index < -0.39 is 17.6 Å². The first-order valence-corrected chi connectivity index (χ1v) is 10.5. The molecule has 4 heterocycles. The Morgan fingerprint density at radius 1 is 1.24 bits per heavy atom. The highest BCUT2D eigenvalue weighted by Gasteiger charge is 2.32. The summed E-state index contributed by atoms with van der Waals surface area (Å²) in [5.41, 5.74) is 2.32. The van der Waals surface area contributed by atoms with Crippen molar-refractivity contribution in [3.05, 3.63) is 47.2 Å². The Kier molecular flexibility index (Phi) is 5.81. The van der Waals surface area contributed by atoms with Gasteiger partial charge in [0.25, 0.3) is 0 Å². The zero-order chi connectivity index (χ0) is 23.9. The third kappa shape index (κ3) is 4.53. The van der Waals surface area contributed by atoms with Gasteiger partial charge < -0.3 is 9.80 Å². The molecule has 3 aromatic heterocycles. The monoisotopic (exact) mass is 459 g/mol. The molecule has 1 amide bonds. The molecule has 0 aromatic carbocycles. The van der Waals surface area contributed by atoms with Gasteiger partial charge in [0.2, 0.25) is 5.91 Å². The van der Waals surface area contributed by atoms with Crippen molar-refractivity contribution in [1.29, 1.82) is 0 Å². The third-order valence-corrected chi connectivity index (χ3v) is 5.72. The van der Waals surface area contributed by atoms with E-state index in [4.69, 9.17) is 0 Å². The van der Waals surface area contributed by atoms with Gasteiger partial charge in [-0.25, -0.2) is 4.98 Å². The van der Waals surface area contributed by atoms with Crippen LogP contribution in [-0.2, 0) is 23.8 Å². The number of fused-ring (bicyclic) bond motifs is 1. The van der Waals surface area contributed by atoms with Crippen LogP contribution in [0.1, 0.15) is 43.4 Å². The Morgan fingerprint density at radius 3 is 2.67 bits per heavy atom. The van der Waals surface area contributed by atoms with Crippen molar-refractivity contribution in [3.8, 4) is 11.5 Å². The standard InChI is InChI=1S/C22H24F3N7O/c1-12(2)32-6-5-14-7-17(27-11-19(14)32)21-28-20(29-30-21)9-16-18(31(4)13(3)33)8-15(10-26-16)22(23,24)25/h7-8,10-12H,5-6,9H2,1-4H3,(H,28,29,30). The van der Waals surface area contributed by atoms with Gasteiger partial charge in [-0.05, 0) is 38.0 Å². The van der Waals surface area contributed by atoms with Gasteiger partial charge in [0.05, 0.1) is 35.2 Å². The summed E-state index contributed by atoms with van der Waals surface area (Å²) in [6.45, 7) is 6.48. The first-order valence-electron chi connectivity index (χ1n) is 10.5. The average Bonchev–Trinajstić information content (AvgIpc) is 3.39. The normalized spacial score (nSPS) is 13.5. The van der Waals surface area contributed by atoms with Crippen LogP contribution in [0.2, 0.25) is 0 Å². The SMILES string of the molecule is CC(=O)N(C)c1cc(C(F)(F)F)cnc1Cc1nc(-c2cc3c(cn2)N(C(C)C)CC3)n[nH]1. The maximum absolute atomic E-state index is 13.2. The zero-order valence-corrected chi connectivity index (χ0v) is 18.7. The van der Waals surface area contributed by atoms with Crippen LogP contribution in [0, 0.1) is 0 Å². The highest BCUT2D eigenvalue weighted by molar-refractivity contribution is 5.91. The molecule has 0 atom stereocenters. The summed E-state index contributed by atoms with van der Waals surface area (Å²) < 4.78 is 39.5. The van der Waals surface area contributed by atoms with E-state index >= 15 is 0 Å². The first-order chi connectivity index (χ1) is 15.5. The van der Waals surface area contributed by atoms with E-state index in [9.17, 15) is 18.0 Å². The molecule has 33 heavy (non-hydrogen) atoms. The predicted octanol–water partition coefficient (Wildman–Crippen LogP) is 3.62. The van der Waals surface area contributed by atoms with Crippen LogP contribution in [0.5, 0.6) is 0 Å². The largest absolute Gasteiger partial charge is 0.417 e. The number of nitrogens with one attached hydrogen (secondary N) is 1. The summed E-state index contributed by atoms with van der Waals surface area (Å²) in [6.07, 6.45) is -1.000. The molecule has 1 aliphatic rings. The summed E-state index contributed by atoms with van der Waals surface area (Å²) in [6, 6.07) is 3.27. The minimum Gasteiger partial charge on any atom is -0.367 e. The second kappa shape index (κ2) is 8.45. The molecule has 0 saturated carbocycles. The summed E-state index contributed by atoms with van der Waals surface area (Å²) in [5.74, 6) is 0.388. The van der Waals surface area contributed by atoms with Gasteiger partial charge in [0.1, 0.15) is 11.5 Å². The van der Waals surface area contributed by atoms with Crippen molar-refractivity contribution in [1.82, 2.24) is 25.1 Å². The fourth-order valence-electron chi connectivity index (χ4n) is 3.85. The summed E-state index contributed by atoms with van der Waals surface area (Å²) >= 11 is 0. The number of alkyl halides is 3. The molecule has 0 saturated heterocycles. The van der Waals surface area contributed by atoms with E-state index in [-0.39, 0.29) is 17.8 Å². The van der Waals surface area contributed by atoms with E-state index in [2.05, 4.69) is 43.9 Å². The molecular weight excluding hydrogens is 435 g/mol. The van der Waals surface area contributed by atoms with E-state index in [1.54, 1.807) is 0 Å². The van der Waals surface area contributed by atoms with E-state index in [0.29, 0.717) is 23.4 Å². The maximum atomic E-state index is 13.2. The Morgan fingerprint density at radius 2 is 2.00 bits per heavy atom. The van der Waals surface area contributed by atoms with Crippen LogP contribution in [0.15, 0.2) is 24.5 Å². The molecule has 1 aliphatic heterocycles. The number of hydrogen-bond donors (Lipinski definition) is 1. The molecular formula is C22H24F3N7O. The fourth-order valence-corrected chi connectivity index (χ4v) is 3.85. The topological polar surface area (TPSA) is 90.9 Å². The second-order valence-electron chi connectivity index (χ2n) is 8.28. The fraction of sp³-hybridized carbons (Fsp3) is 0.409. The van der Waals surface area contributed by atoms with Crippen LogP contribution in [0.3, 0.4) is 0 Å². The second-order valence-corrected chi connectivity index (χ2v) is 8.28. The number of pyridine rings is 2. The smallest absolute Gasteiger partial charge is 0.367 e. The minimum absolute atomic E-state index is 0.0692. The van der Waals surface area contributed by atoms with Gasteiger partial charge in [-0.2, -0.15) is 18.3 Å². The molecule has 0 fully saturated rings. The number of nitrogens with zero attached hydrogens (tertiary/aromatic N) is 6. The van der Waals surface area contributed by atoms with Crippen molar-refractivity contribution >= 4 is 17.3 Å². The Hall–Kier alpha value is -3.50. The van der Waals surface area contributed by atoms with Gasteiger partial charge in [-0.1, -0.05) is 0 Å². The predicted molar refractivity (Wildman–Crippen MR) is 117 cm³/mol. The van der Waals surface area contributed by atoms with Crippen LogP contribution < -0.4 is 9.80 Å². The maximum Gasteiger partial charge on any atom is 0.417 e. The van der Waals surface area contributed by atoms with E-state index in [0.717, 1.165) is 35.8 Å². The van der Waals surface area contributed by atoms with Crippen molar-refractivity contribution in [2.45, 2.75) is 45.8 Å². The number of aromatic nitrogens is 5. The first kappa shape index (κ1) is 22.7. The van der Waals surface area contributed by atoms with Gasteiger partial charge in [0.15, 0.2) is 5.82 Å². The molecule has 8 nitrogen and oxygen atoms in total. The van der Waals surface area contributed by atoms with Gasteiger partial charge >= 0.3 is 6.18 Å². The summed E-state index contributed by atoms with van der Waals surface area (Å²) in [7, 11) is 1.41. The summed E-state index contributed by atoms with van der Waals surface area (Å²) in [4.78, 5) is 28.2. The number of halogens is 3. The molecule has 11 heteroatoms. The Bertz CT molecular complexity index is 1190. The zero-order valence-electron chi connectivity index (χ0n) is 18.7. The quantitative estimate of drug-likeness (QED) is 0.627. The molecule has 1 N–H and O–H groups in total. The molecule has 0 radical (unpaired) electrons. The lowest BCUT2D eigenvalue weighted by Crippen LogP contribution is -2.28. The van der Waals surface area contributed by atoms with Crippen molar-refractivity contribution in [2.24, 2.45) is 0 Å². The van der Waals surface area contributed by atoms with Crippen LogP contribution >= 0.6 is 0 Å². The highest BCUT2D eigenvalue weighted by atomic mass is 19.4. The highest BCUT2D eigenvalue weighted by Crippen LogP contribution is 2.33. The Balaban J connectivity index is 1.61. The van der Waals surface area contributed by atoms with Crippen LogP contribution in [0.4, 0.5) is 24.5 Å². The third-order valence-electron chi connectivity index (χ3n) is 5.72. The number of carbonyl (C=O) groups excluding carboxylic acids is 1. The lowest BCUT2D eigenvalue weighted by atomic mass is 10.1. The van der Waals surface area contributed by atoms with Crippen LogP contribution in [-0.4, -0.2) is 50.7 Å². The number of H-pyrrole nitrogens is 1. The molecule has 174 valence electrons. The van der Waals surface area contributed by atoms with Gasteiger partial charge in [-0.15, -0.1) is 0 Å². The lowest BCUT2D eigenvalue weighted by molar-refractivity contribution is -0.137. The van der Waals surface area contributed by atoms with Gasteiger partial charge in [0, 0.05) is 32.8 Å². The van der Waals surface area contributed by atoms with Crippen molar-refractivity contribution in [3.63, 3.8) is 0 Å². The number of amides is 1. The lowest BCUT2D eigenvalue weighted by Gasteiger charge is -2.23. The van der Waals surface area contributed by atoms with E-state index in [1.807, 2.05) is 12.3 Å². The number of hydrogen-bond acceptors (Lipinski definition) is 6. The minimum atomic E-state index is -4.57.